The van der Waals surface area contributed by atoms with Crippen LogP contribution in [0.2, 0.25) is 0 Å². The third-order valence-corrected chi connectivity index (χ3v) is 4.46. The Labute approximate surface area is 157 Å². The number of carbonyl (C=O) groups is 3. The zero-order chi connectivity index (χ0) is 19.6. The molecule has 1 heterocycles. The largest absolute Gasteiger partial charge is 0.462 e. The highest BCUT2D eigenvalue weighted by Crippen LogP contribution is 2.21. The van der Waals surface area contributed by atoms with Gasteiger partial charge in [0.2, 0.25) is 0 Å². The summed E-state index contributed by atoms with van der Waals surface area (Å²) in [4.78, 5) is 39.6. The molecule has 1 aliphatic carbocycles. The first-order chi connectivity index (χ1) is 12.9. The Morgan fingerprint density at radius 3 is 2.37 bits per heavy atom. The highest BCUT2D eigenvalue weighted by molar-refractivity contribution is 6.07. The van der Waals surface area contributed by atoms with Gasteiger partial charge < -0.3 is 20.4 Å². The van der Waals surface area contributed by atoms with Crippen LogP contribution in [0.5, 0.6) is 0 Å². The van der Waals surface area contributed by atoms with Gasteiger partial charge in [-0.2, -0.15) is 0 Å². The van der Waals surface area contributed by atoms with Crippen molar-refractivity contribution in [3.8, 4) is 0 Å². The van der Waals surface area contributed by atoms with Gasteiger partial charge in [-0.1, -0.05) is 0 Å². The van der Waals surface area contributed by atoms with E-state index in [1.807, 2.05) is 0 Å². The molecule has 1 aromatic heterocycles. The van der Waals surface area contributed by atoms with Crippen LogP contribution in [-0.4, -0.2) is 35.4 Å². The van der Waals surface area contributed by atoms with Gasteiger partial charge in [-0.05, 0) is 63.4 Å². The zero-order valence-electron chi connectivity index (χ0n) is 15.6. The van der Waals surface area contributed by atoms with Crippen LogP contribution in [-0.2, 0) is 4.74 Å². The molecule has 3 rings (SSSR count). The molecule has 0 bridgehead atoms. The minimum atomic E-state index is -0.450. The van der Waals surface area contributed by atoms with Crippen LogP contribution in [0, 0.1) is 13.8 Å². The van der Waals surface area contributed by atoms with E-state index < -0.39 is 5.97 Å². The minimum Gasteiger partial charge on any atom is -0.462 e. The molecule has 0 spiro atoms. The van der Waals surface area contributed by atoms with Crippen molar-refractivity contribution in [1.29, 1.82) is 0 Å². The molecule has 0 unspecified atom stereocenters. The second kappa shape index (κ2) is 7.65. The van der Waals surface area contributed by atoms with Gasteiger partial charge in [0, 0.05) is 23.0 Å². The quantitative estimate of drug-likeness (QED) is 0.682. The lowest BCUT2D eigenvalue weighted by Crippen LogP contribution is -2.25. The van der Waals surface area contributed by atoms with Crippen LogP contribution >= 0.6 is 0 Å². The van der Waals surface area contributed by atoms with Gasteiger partial charge in [0.15, 0.2) is 0 Å². The highest BCUT2D eigenvalue weighted by atomic mass is 16.5. The average Bonchev–Trinajstić information content (AvgIpc) is 3.38. The van der Waals surface area contributed by atoms with Gasteiger partial charge in [-0.15, -0.1) is 0 Å². The number of aryl methyl sites for hydroxylation is 1. The summed E-state index contributed by atoms with van der Waals surface area (Å²) < 4.78 is 5.04. The van der Waals surface area contributed by atoms with Crippen molar-refractivity contribution in [2.45, 2.75) is 39.7 Å². The van der Waals surface area contributed by atoms with Crippen molar-refractivity contribution in [3.05, 3.63) is 52.3 Å². The Hall–Kier alpha value is -3.09. The van der Waals surface area contributed by atoms with Crippen molar-refractivity contribution in [2.75, 3.05) is 11.9 Å². The summed E-state index contributed by atoms with van der Waals surface area (Å²) in [5.74, 6) is -0.916. The molecule has 1 saturated carbocycles. The molecule has 7 nitrogen and oxygen atoms in total. The van der Waals surface area contributed by atoms with Gasteiger partial charge in [0.05, 0.1) is 12.2 Å². The predicted octanol–water partition coefficient (Wildman–Crippen LogP) is 2.95. The molecule has 0 aliphatic heterocycles. The van der Waals surface area contributed by atoms with Crippen LogP contribution < -0.4 is 10.6 Å². The first-order valence-corrected chi connectivity index (χ1v) is 8.99. The number of aromatic amines is 1. The fraction of sp³-hybridized carbons (Fsp3) is 0.350. The van der Waals surface area contributed by atoms with Crippen LogP contribution in [0.4, 0.5) is 5.69 Å². The summed E-state index contributed by atoms with van der Waals surface area (Å²) in [5, 5.41) is 5.69. The lowest BCUT2D eigenvalue weighted by Gasteiger charge is -2.07. The van der Waals surface area contributed by atoms with Crippen molar-refractivity contribution in [3.63, 3.8) is 0 Å². The standard InChI is InChI=1S/C20H23N3O4/c1-4-27-20(26)16-11(2)17(21-12(16)3)19(25)23-14-7-5-13(6-8-14)18(24)22-15-9-10-15/h5-8,15,21H,4,9-10H2,1-3H3,(H,22,24)(H,23,25). The number of carbonyl (C=O) groups excluding carboxylic acids is 3. The number of ether oxygens (including phenoxy) is 1. The number of amides is 2. The van der Waals surface area contributed by atoms with E-state index in [0.717, 1.165) is 12.8 Å². The first-order valence-electron chi connectivity index (χ1n) is 8.99. The summed E-state index contributed by atoms with van der Waals surface area (Å²) >= 11 is 0. The van der Waals surface area contributed by atoms with Crippen molar-refractivity contribution in [2.24, 2.45) is 0 Å². The van der Waals surface area contributed by atoms with E-state index in [-0.39, 0.29) is 18.4 Å². The molecule has 1 aromatic carbocycles. The molecule has 0 atom stereocenters. The number of hydrogen-bond acceptors (Lipinski definition) is 4. The van der Waals surface area contributed by atoms with E-state index in [9.17, 15) is 14.4 Å². The van der Waals surface area contributed by atoms with E-state index in [0.29, 0.717) is 39.8 Å². The lowest BCUT2D eigenvalue weighted by molar-refractivity contribution is 0.0524. The molecule has 0 radical (unpaired) electrons. The third-order valence-electron chi connectivity index (χ3n) is 4.46. The number of hydrogen-bond donors (Lipinski definition) is 3. The summed E-state index contributed by atoms with van der Waals surface area (Å²) in [6.45, 7) is 5.43. The molecular formula is C20H23N3O4. The SMILES string of the molecule is CCOC(=O)c1c(C)[nH]c(C(=O)Nc2ccc(C(=O)NC3CC3)cc2)c1C. The molecule has 1 fully saturated rings. The number of esters is 1. The van der Waals surface area contributed by atoms with E-state index in [1.54, 1.807) is 45.0 Å². The second-order valence-corrected chi connectivity index (χ2v) is 6.62. The minimum absolute atomic E-state index is 0.106. The maximum atomic E-state index is 12.6. The van der Waals surface area contributed by atoms with Crippen LogP contribution in [0.15, 0.2) is 24.3 Å². The summed E-state index contributed by atoms with van der Waals surface area (Å²) in [5.41, 5.74) is 2.94. The number of anilines is 1. The van der Waals surface area contributed by atoms with E-state index >= 15 is 0 Å². The summed E-state index contributed by atoms with van der Waals surface area (Å²) in [7, 11) is 0. The second-order valence-electron chi connectivity index (χ2n) is 6.62. The number of nitrogens with one attached hydrogen (secondary N) is 3. The molecule has 1 aliphatic rings. The van der Waals surface area contributed by atoms with Crippen molar-refractivity contribution < 1.29 is 19.1 Å². The molecular weight excluding hydrogens is 346 g/mol. The maximum Gasteiger partial charge on any atom is 0.340 e. The van der Waals surface area contributed by atoms with Crippen molar-refractivity contribution >= 4 is 23.5 Å². The molecule has 142 valence electrons. The zero-order valence-corrected chi connectivity index (χ0v) is 15.6. The van der Waals surface area contributed by atoms with E-state index in [4.69, 9.17) is 4.74 Å². The maximum absolute atomic E-state index is 12.6. The van der Waals surface area contributed by atoms with Gasteiger partial charge in [-0.25, -0.2) is 4.79 Å². The Morgan fingerprint density at radius 2 is 1.78 bits per heavy atom. The molecule has 2 amide bonds. The van der Waals surface area contributed by atoms with E-state index in [2.05, 4.69) is 15.6 Å². The van der Waals surface area contributed by atoms with Gasteiger partial charge in [0.25, 0.3) is 11.8 Å². The van der Waals surface area contributed by atoms with Gasteiger partial charge in [-0.3, -0.25) is 9.59 Å². The Bertz CT molecular complexity index is 879. The molecule has 3 N–H and O–H groups in total. The highest BCUT2D eigenvalue weighted by Gasteiger charge is 2.24. The molecule has 7 heteroatoms. The summed E-state index contributed by atoms with van der Waals surface area (Å²) in [6.07, 6.45) is 2.06. The number of benzene rings is 1. The van der Waals surface area contributed by atoms with Crippen LogP contribution in [0.25, 0.3) is 0 Å². The Kier molecular flexibility index (Phi) is 5.30. The fourth-order valence-electron chi connectivity index (χ4n) is 2.88. The number of H-pyrrole nitrogens is 1. The smallest absolute Gasteiger partial charge is 0.340 e. The van der Waals surface area contributed by atoms with E-state index in [1.165, 1.54) is 0 Å². The monoisotopic (exact) mass is 369 g/mol. The topological polar surface area (TPSA) is 100 Å². The molecule has 27 heavy (non-hydrogen) atoms. The first kappa shape index (κ1) is 18.7. The summed E-state index contributed by atoms with van der Waals surface area (Å²) in [6, 6.07) is 6.99. The molecule has 0 saturated heterocycles. The number of rotatable bonds is 6. The van der Waals surface area contributed by atoms with Crippen molar-refractivity contribution in [1.82, 2.24) is 10.3 Å². The normalized spacial score (nSPS) is 13.1. The average molecular weight is 369 g/mol. The molecule has 2 aromatic rings. The predicted molar refractivity (Wildman–Crippen MR) is 101 cm³/mol. The Morgan fingerprint density at radius 1 is 1.11 bits per heavy atom. The number of aromatic nitrogens is 1. The Balaban J connectivity index is 1.70. The van der Waals surface area contributed by atoms with Gasteiger partial charge >= 0.3 is 5.97 Å². The fourth-order valence-corrected chi connectivity index (χ4v) is 2.88. The van der Waals surface area contributed by atoms with Crippen LogP contribution in [0.3, 0.4) is 0 Å². The van der Waals surface area contributed by atoms with Crippen LogP contribution in [0.1, 0.15) is 62.2 Å². The third kappa shape index (κ3) is 4.19. The lowest BCUT2D eigenvalue weighted by atomic mass is 10.1. The van der Waals surface area contributed by atoms with Gasteiger partial charge in [0.1, 0.15) is 5.69 Å².